The van der Waals surface area contributed by atoms with Crippen LogP contribution in [0.15, 0.2) is 35.2 Å². The van der Waals surface area contributed by atoms with Crippen LogP contribution in [0, 0.1) is 0 Å². The van der Waals surface area contributed by atoms with Gasteiger partial charge in [0.1, 0.15) is 0 Å². The molecular weight excluding hydrogens is 174 g/mol. The molecular formula is C9H10ClNO. The first-order valence-corrected chi connectivity index (χ1v) is 3.92. The van der Waals surface area contributed by atoms with Gasteiger partial charge in [0.2, 0.25) is 0 Å². The third kappa shape index (κ3) is 1.59. The molecule has 12 heavy (non-hydrogen) atoms. The normalized spacial score (nSPS) is 17.2. The number of hydrogen-bond acceptors (Lipinski definition) is 2. The van der Waals surface area contributed by atoms with Gasteiger partial charge in [0, 0.05) is 25.0 Å². The molecule has 0 fully saturated rings. The van der Waals surface area contributed by atoms with Crippen LogP contribution in [0.1, 0.15) is 6.92 Å². The minimum atomic E-state index is -0.0156. The molecule has 2 nitrogen and oxygen atoms in total. The summed E-state index contributed by atoms with van der Waals surface area (Å²) in [5.41, 5.74) is 1.17. The molecule has 0 atom stereocenters. The predicted octanol–water partition coefficient (Wildman–Crippen LogP) is 2.04. The van der Waals surface area contributed by atoms with E-state index in [-0.39, 0.29) is 5.78 Å². The number of allylic oxidation sites excluding steroid dienone is 3. The number of ketones is 1. The topological polar surface area (TPSA) is 20.3 Å². The van der Waals surface area contributed by atoms with Crippen LogP contribution in [0.5, 0.6) is 0 Å². The molecule has 1 aliphatic rings. The highest BCUT2D eigenvalue weighted by Crippen LogP contribution is 2.26. The Morgan fingerprint density at radius 3 is 2.67 bits per heavy atom. The van der Waals surface area contributed by atoms with Gasteiger partial charge < -0.3 is 4.90 Å². The van der Waals surface area contributed by atoms with E-state index < -0.39 is 0 Å². The van der Waals surface area contributed by atoms with E-state index in [4.69, 9.17) is 11.6 Å². The van der Waals surface area contributed by atoms with Crippen molar-refractivity contribution in [3.05, 3.63) is 35.2 Å². The van der Waals surface area contributed by atoms with Gasteiger partial charge in [-0.25, -0.2) is 0 Å². The second-order valence-corrected chi connectivity index (χ2v) is 3.13. The molecule has 0 spiro atoms. The summed E-state index contributed by atoms with van der Waals surface area (Å²) >= 11 is 5.83. The summed E-state index contributed by atoms with van der Waals surface area (Å²) in [7, 11) is 1.82. The molecule has 0 unspecified atom stereocenters. The summed E-state index contributed by atoms with van der Waals surface area (Å²) in [5.74, 6) is -0.0156. The molecule has 64 valence electrons. The summed E-state index contributed by atoms with van der Waals surface area (Å²) in [6.45, 7) is 5.22. The summed E-state index contributed by atoms with van der Waals surface area (Å²) in [4.78, 5) is 12.8. The molecule has 0 N–H and O–H groups in total. The zero-order chi connectivity index (χ0) is 9.30. The summed E-state index contributed by atoms with van der Waals surface area (Å²) in [5, 5.41) is 0.519. The fourth-order valence-corrected chi connectivity index (χ4v) is 1.26. The average molecular weight is 184 g/mol. The second-order valence-electron chi connectivity index (χ2n) is 2.72. The van der Waals surface area contributed by atoms with Gasteiger partial charge in [-0.05, 0) is 12.5 Å². The lowest BCUT2D eigenvalue weighted by atomic mass is 10.0. The first-order chi connectivity index (χ1) is 5.52. The summed E-state index contributed by atoms with van der Waals surface area (Å²) in [6, 6.07) is 0. The van der Waals surface area contributed by atoms with E-state index in [1.165, 1.54) is 6.92 Å². The minimum absolute atomic E-state index is 0.0156. The summed E-state index contributed by atoms with van der Waals surface area (Å²) < 4.78 is 0. The first kappa shape index (κ1) is 9.07. The van der Waals surface area contributed by atoms with Crippen molar-refractivity contribution in [3.8, 4) is 0 Å². The first-order valence-electron chi connectivity index (χ1n) is 3.54. The molecule has 0 radical (unpaired) electrons. The molecule has 0 bridgehead atoms. The van der Waals surface area contributed by atoms with Crippen molar-refractivity contribution in [3.63, 3.8) is 0 Å². The van der Waals surface area contributed by atoms with Crippen molar-refractivity contribution in [1.29, 1.82) is 0 Å². The standard InChI is InChI=1S/C9H10ClNO/c1-6-8(7(2)12)4-11(3)5-9(6)10/h4-5H,1H2,2-3H3. The SMILES string of the molecule is C=C1C(Cl)=CN(C)C=C1C(C)=O. The van der Waals surface area contributed by atoms with Crippen LogP contribution in [0.2, 0.25) is 0 Å². The Morgan fingerprint density at radius 2 is 2.17 bits per heavy atom. The van der Waals surface area contributed by atoms with E-state index in [2.05, 4.69) is 6.58 Å². The molecule has 0 aromatic rings. The highest BCUT2D eigenvalue weighted by atomic mass is 35.5. The number of halogens is 1. The predicted molar refractivity (Wildman–Crippen MR) is 49.6 cm³/mol. The third-order valence-electron chi connectivity index (χ3n) is 1.64. The van der Waals surface area contributed by atoms with Crippen molar-refractivity contribution < 1.29 is 4.79 Å². The Morgan fingerprint density at radius 1 is 1.58 bits per heavy atom. The Hall–Kier alpha value is -1.02. The van der Waals surface area contributed by atoms with Crippen LogP contribution in [0.4, 0.5) is 0 Å². The maximum Gasteiger partial charge on any atom is 0.161 e. The Kier molecular flexibility index (Phi) is 2.38. The van der Waals surface area contributed by atoms with Gasteiger partial charge in [0.05, 0.1) is 5.03 Å². The van der Waals surface area contributed by atoms with Crippen LogP contribution in [0.3, 0.4) is 0 Å². The van der Waals surface area contributed by atoms with Gasteiger partial charge in [0.15, 0.2) is 5.78 Å². The van der Waals surface area contributed by atoms with Crippen molar-refractivity contribution in [2.75, 3.05) is 7.05 Å². The van der Waals surface area contributed by atoms with E-state index in [1.54, 1.807) is 17.3 Å². The largest absolute Gasteiger partial charge is 0.355 e. The number of Topliss-reactive ketones (excluding diaryl/α,β-unsaturated/α-hetero) is 1. The number of rotatable bonds is 1. The molecule has 0 aromatic heterocycles. The van der Waals surface area contributed by atoms with Crippen molar-refractivity contribution in [2.45, 2.75) is 6.92 Å². The lowest BCUT2D eigenvalue weighted by molar-refractivity contribution is -0.113. The zero-order valence-electron chi connectivity index (χ0n) is 7.10. The Labute approximate surface area is 76.8 Å². The van der Waals surface area contributed by atoms with E-state index in [1.807, 2.05) is 7.05 Å². The van der Waals surface area contributed by atoms with Gasteiger partial charge >= 0.3 is 0 Å². The van der Waals surface area contributed by atoms with E-state index in [9.17, 15) is 4.79 Å². The van der Waals surface area contributed by atoms with Crippen LogP contribution in [0.25, 0.3) is 0 Å². The Balaban J connectivity index is 3.04. The number of hydrogen-bond donors (Lipinski definition) is 0. The molecule has 0 saturated carbocycles. The van der Waals surface area contributed by atoms with E-state index in [0.29, 0.717) is 16.2 Å². The van der Waals surface area contributed by atoms with Gasteiger partial charge in [-0.15, -0.1) is 0 Å². The highest BCUT2D eigenvalue weighted by Gasteiger charge is 2.15. The number of nitrogens with zero attached hydrogens (tertiary/aromatic N) is 1. The number of carbonyl (C=O) groups is 1. The third-order valence-corrected chi connectivity index (χ3v) is 1.97. The van der Waals surface area contributed by atoms with Crippen LogP contribution < -0.4 is 0 Å². The van der Waals surface area contributed by atoms with Gasteiger partial charge in [0.25, 0.3) is 0 Å². The minimum Gasteiger partial charge on any atom is -0.355 e. The van der Waals surface area contributed by atoms with Crippen LogP contribution >= 0.6 is 11.6 Å². The second kappa shape index (κ2) is 3.15. The molecule has 3 heteroatoms. The zero-order valence-corrected chi connectivity index (χ0v) is 7.85. The quantitative estimate of drug-likeness (QED) is 0.620. The molecule has 1 rings (SSSR count). The monoisotopic (exact) mass is 183 g/mol. The van der Waals surface area contributed by atoms with Gasteiger partial charge in [-0.2, -0.15) is 0 Å². The van der Waals surface area contributed by atoms with Crippen LogP contribution in [-0.4, -0.2) is 17.7 Å². The van der Waals surface area contributed by atoms with Gasteiger partial charge in [-0.3, -0.25) is 4.79 Å². The Bertz CT molecular complexity index is 302. The molecule has 1 heterocycles. The fraction of sp³-hybridized carbons (Fsp3) is 0.222. The van der Waals surface area contributed by atoms with E-state index in [0.717, 1.165) is 0 Å². The molecule has 0 aliphatic carbocycles. The molecule has 0 aromatic carbocycles. The molecule has 0 saturated heterocycles. The van der Waals surface area contributed by atoms with Crippen molar-refractivity contribution >= 4 is 17.4 Å². The summed E-state index contributed by atoms with van der Waals surface area (Å²) in [6.07, 6.45) is 3.44. The number of carbonyl (C=O) groups excluding carboxylic acids is 1. The molecule has 0 amide bonds. The lowest BCUT2D eigenvalue weighted by Gasteiger charge is -2.19. The fourth-order valence-electron chi connectivity index (χ4n) is 1.01. The average Bonchev–Trinajstić information content (AvgIpc) is 1.96. The van der Waals surface area contributed by atoms with E-state index >= 15 is 0 Å². The lowest BCUT2D eigenvalue weighted by Crippen LogP contribution is -2.13. The van der Waals surface area contributed by atoms with Crippen molar-refractivity contribution in [1.82, 2.24) is 4.90 Å². The smallest absolute Gasteiger partial charge is 0.161 e. The maximum atomic E-state index is 11.1. The van der Waals surface area contributed by atoms with Gasteiger partial charge in [-0.1, -0.05) is 18.2 Å². The maximum absolute atomic E-state index is 11.1. The van der Waals surface area contributed by atoms with Crippen LogP contribution in [-0.2, 0) is 4.79 Å². The van der Waals surface area contributed by atoms with Crippen molar-refractivity contribution in [2.24, 2.45) is 0 Å². The highest BCUT2D eigenvalue weighted by molar-refractivity contribution is 6.33. The molecule has 1 aliphatic heterocycles.